The molecule has 1 unspecified atom stereocenters. The van der Waals surface area contributed by atoms with Crippen LogP contribution in [-0.4, -0.2) is 25.7 Å². The Morgan fingerprint density at radius 3 is 3.06 bits per heavy atom. The van der Waals surface area contributed by atoms with Gasteiger partial charge in [0.2, 0.25) is 0 Å². The third-order valence-electron chi connectivity index (χ3n) is 3.18. The molecule has 0 aromatic heterocycles. The Morgan fingerprint density at radius 1 is 1.39 bits per heavy atom. The topological polar surface area (TPSA) is 33.3 Å². The van der Waals surface area contributed by atoms with Gasteiger partial charge in [0.15, 0.2) is 0 Å². The lowest BCUT2D eigenvalue weighted by atomic mass is 10.1. The van der Waals surface area contributed by atoms with Gasteiger partial charge in [-0.05, 0) is 57.5 Å². The summed E-state index contributed by atoms with van der Waals surface area (Å²) < 4.78 is 5.43. The minimum Gasteiger partial charge on any atom is -0.492 e. The van der Waals surface area contributed by atoms with Gasteiger partial charge in [-0.15, -0.1) is 0 Å². The quantitative estimate of drug-likeness (QED) is 0.879. The van der Waals surface area contributed by atoms with Gasteiger partial charge in [-0.25, -0.2) is 0 Å². The van der Waals surface area contributed by atoms with E-state index in [0.717, 1.165) is 30.9 Å². The first-order chi connectivity index (χ1) is 8.79. The molecule has 1 heterocycles. The Bertz CT molecular complexity index is 376. The highest BCUT2D eigenvalue weighted by atomic mass is 35.5. The molecular weight excluding hydrogens is 248 g/mol. The predicted octanol–water partition coefficient (Wildman–Crippen LogP) is 3.29. The van der Waals surface area contributed by atoms with Crippen LogP contribution in [0.5, 0.6) is 5.75 Å². The van der Waals surface area contributed by atoms with Crippen LogP contribution in [0.2, 0.25) is 5.02 Å². The summed E-state index contributed by atoms with van der Waals surface area (Å²) in [6, 6.07) is 6.46. The van der Waals surface area contributed by atoms with Crippen LogP contribution in [0.1, 0.15) is 26.2 Å². The van der Waals surface area contributed by atoms with E-state index in [1.807, 2.05) is 25.1 Å². The normalized spacial score (nSPS) is 20.2. The maximum Gasteiger partial charge on any atom is 0.138 e. The standard InChI is InChI=1S/C14H21ClN2O/c1-2-18-14-6-5-12(10-13(14)15)17-11-4-3-8-16-9-7-11/h5-6,10-11,16-17H,2-4,7-9H2,1H3. The molecule has 1 aliphatic rings. The van der Waals surface area contributed by atoms with Crippen molar-refractivity contribution < 1.29 is 4.74 Å². The average Bonchev–Trinajstić information content (AvgIpc) is 2.61. The second-order valence-electron chi connectivity index (χ2n) is 4.60. The Morgan fingerprint density at radius 2 is 2.28 bits per heavy atom. The minimum absolute atomic E-state index is 0.536. The molecule has 0 bridgehead atoms. The summed E-state index contributed by atoms with van der Waals surface area (Å²) in [6.45, 7) is 4.81. The second-order valence-corrected chi connectivity index (χ2v) is 5.01. The van der Waals surface area contributed by atoms with Crippen LogP contribution in [-0.2, 0) is 0 Å². The van der Waals surface area contributed by atoms with Crippen molar-refractivity contribution in [3.05, 3.63) is 23.2 Å². The van der Waals surface area contributed by atoms with Gasteiger partial charge in [0.05, 0.1) is 11.6 Å². The molecule has 1 saturated heterocycles. The molecule has 0 spiro atoms. The number of rotatable bonds is 4. The fourth-order valence-electron chi connectivity index (χ4n) is 2.26. The largest absolute Gasteiger partial charge is 0.492 e. The van der Waals surface area contributed by atoms with Gasteiger partial charge in [-0.1, -0.05) is 11.6 Å². The van der Waals surface area contributed by atoms with E-state index in [0.29, 0.717) is 17.7 Å². The summed E-state index contributed by atoms with van der Waals surface area (Å²) in [4.78, 5) is 0. The first kappa shape index (κ1) is 13.5. The number of hydrogen-bond donors (Lipinski definition) is 2. The fraction of sp³-hybridized carbons (Fsp3) is 0.571. The smallest absolute Gasteiger partial charge is 0.138 e. The van der Waals surface area contributed by atoms with Crippen molar-refractivity contribution >= 4 is 17.3 Å². The lowest BCUT2D eigenvalue weighted by molar-refractivity contribution is 0.340. The zero-order valence-electron chi connectivity index (χ0n) is 10.8. The third kappa shape index (κ3) is 3.79. The molecule has 1 atom stereocenters. The summed E-state index contributed by atoms with van der Waals surface area (Å²) in [6.07, 6.45) is 3.59. The molecule has 1 fully saturated rings. The Labute approximate surface area is 114 Å². The zero-order valence-corrected chi connectivity index (χ0v) is 11.6. The van der Waals surface area contributed by atoms with Crippen LogP contribution in [0.4, 0.5) is 5.69 Å². The fourth-order valence-corrected chi connectivity index (χ4v) is 2.50. The highest BCUT2D eigenvalue weighted by Gasteiger charge is 2.12. The van der Waals surface area contributed by atoms with Crippen LogP contribution < -0.4 is 15.4 Å². The van der Waals surface area contributed by atoms with Crippen LogP contribution >= 0.6 is 11.6 Å². The van der Waals surface area contributed by atoms with Crippen LogP contribution in [0, 0.1) is 0 Å². The van der Waals surface area contributed by atoms with E-state index in [4.69, 9.17) is 16.3 Å². The molecule has 4 heteroatoms. The maximum absolute atomic E-state index is 6.18. The first-order valence-electron chi connectivity index (χ1n) is 6.69. The number of benzene rings is 1. The van der Waals surface area contributed by atoms with Gasteiger partial charge in [0.1, 0.15) is 5.75 Å². The summed E-state index contributed by atoms with van der Waals surface area (Å²) in [7, 11) is 0. The van der Waals surface area contributed by atoms with E-state index in [1.165, 1.54) is 12.8 Å². The third-order valence-corrected chi connectivity index (χ3v) is 3.47. The summed E-state index contributed by atoms with van der Waals surface area (Å²) in [5.74, 6) is 0.757. The van der Waals surface area contributed by atoms with Crippen molar-refractivity contribution in [1.82, 2.24) is 5.32 Å². The van der Waals surface area contributed by atoms with Gasteiger partial charge < -0.3 is 15.4 Å². The second kappa shape index (κ2) is 6.86. The maximum atomic E-state index is 6.18. The molecular formula is C14H21ClN2O. The van der Waals surface area contributed by atoms with Crippen molar-refractivity contribution in [1.29, 1.82) is 0 Å². The zero-order chi connectivity index (χ0) is 12.8. The average molecular weight is 269 g/mol. The van der Waals surface area contributed by atoms with Crippen LogP contribution in [0.15, 0.2) is 18.2 Å². The highest BCUT2D eigenvalue weighted by molar-refractivity contribution is 6.32. The van der Waals surface area contributed by atoms with E-state index in [1.54, 1.807) is 0 Å². The number of anilines is 1. The molecule has 0 saturated carbocycles. The molecule has 3 nitrogen and oxygen atoms in total. The molecule has 0 aliphatic carbocycles. The van der Waals surface area contributed by atoms with Crippen LogP contribution in [0.25, 0.3) is 0 Å². The molecule has 18 heavy (non-hydrogen) atoms. The molecule has 100 valence electrons. The van der Waals surface area contributed by atoms with Crippen molar-refractivity contribution in [3.8, 4) is 5.75 Å². The van der Waals surface area contributed by atoms with Crippen molar-refractivity contribution in [2.24, 2.45) is 0 Å². The van der Waals surface area contributed by atoms with Gasteiger partial charge >= 0.3 is 0 Å². The molecule has 2 N–H and O–H groups in total. The summed E-state index contributed by atoms with van der Waals surface area (Å²) >= 11 is 6.18. The Balaban J connectivity index is 1.98. The molecule has 0 radical (unpaired) electrons. The van der Waals surface area contributed by atoms with E-state index < -0.39 is 0 Å². The van der Waals surface area contributed by atoms with E-state index in [2.05, 4.69) is 10.6 Å². The van der Waals surface area contributed by atoms with Gasteiger partial charge in [0, 0.05) is 11.7 Å². The molecule has 1 aromatic rings. The number of nitrogens with one attached hydrogen (secondary N) is 2. The predicted molar refractivity (Wildman–Crippen MR) is 76.8 cm³/mol. The first-order valence-corrected chi connectivity index (χ1v) is 7.07. The molecule has 1 aromatic carbocycles. The van der Waals surface area contributed by atoms with Crippen molar-refractivity contribution in [2.45, 2.75) is 32.2 Å². The summed E-state index contributed by atoms with van der Waals surface area (Å²) in [5.41, 5.74) is 1.08. The minimum atomic E-state index is 0.536. The SMILES string of the molecule is CCOc1ccc(NC2CCCNCC2)cc1Cl. The van der Waals surface area contributed by atoms with Gasteiger partial charge in [-0.3, -0.25) is 0 Å². The molecule has 0 amide bonds. The highest BCUT2D eigenvalue weighted by Crippen LogP contribution is 2.28. The Kier molecular flexibility index (Phi) is 5.14. The molecule has 1 aliphatic heterocycles. The Hall–Kier alpha value is -0.930. The van der Waals surface area contributed by atoms with E-state index >= 15 is 0 Å². The lowest BCUT2D eigenvalue weighted by Gasteiger charge is -2.18. The molecule has 2 rings (SSSR count). The van der Waals surface area contributed by atoms with Crippen molar-refractivity contribution in [2.75, 3.05) is 25.0 Å². The monoisotopic (exact) mass is 268 g/mol. The van der Waals surface area contributed by atoms with E-state index in [9.17, 15) is 0 Å². The number of ether oxygens (including phenoxy) is 1. The van der Waals surface area contributed by atoms with Gasteiger partial charge in [-0.2, -0.15) is 0 Å². The van der Waals surface area contributed by atoms with E-state index in [-0.39, 0.29) is 0 Å². The number of hydrogen-bond acceptors (Lipinski definition) is 3. The van der Waals surface area contributed by atoms with Gasteiger partial charge in [0.25, 0.3) is 0 Å². The lowest BCUT2D eigenvalue weighted by Crippen LogP contribution is -2.21. The van der Waals surface area contributed by atoms with Crippen LogP contribution in [0.3, 0.4) is 0 Å². The summed E-state index contributed by atoms with van der Waals surface area (Å²) in [5, 5.41) is 7.64. The van der Waals surface area contributed by atoms with Crippen molar-refractivity contribution in [3.63, 3.8) is 0 Å². The number of halogens is 1.